The fraction of sp³-hybridized carbons (Fsp3) is 0. The molecule has 0 bridgehead atoms. The molecule has 4 nitrogen and oxygen atoms in total. The molecule has 11 aromatic rings. The molecular weight excluding hydrogens is 981 g/mol. The van der Waals surface area contributed by atoms with Gasteiger partial charge in [-0.05, 0) is 0 Å². The second-order valence-corrected chi connectivity index (χ2v) is 21.0. The topological polar surface area (TPSA) is 13.0 Å². The number of nitrogens with zero attached hydrogens (tertiary/aromatic N) is 4. The number of hydrogen-bond donors (Lipinski definition) is 0. The van der Waals surface area contributed by atoms with E-state index in [4.69, 9.17) is 0 Å². The maximum absolute atomic E-state index is 3.66. The molecular formula is C66H45B2N4SSe. The maximum atomic E-state index is 3.66. The summed E-state index contributed by atoms with van der Waals surface area (Å²) in [6.45, 7) is -0.0746. The zero-order valence-electron chi connectivity index (χ0n) is 40.2. The van der Waals surface area contributed by atoms with Crippen molar-refractivity contribution in [2.45, 2.75) is 4.90 Å². The molecule has 0 aliphatic carbocycles. The van der Waals surface area contributed by atoms with E-state index in [1.807, 2.05) is 11.6 Å². The van der Waals surface area contributed by atoms with Gasteiger partial charge in [0.15, 0.2) is 0 Å². The van der Waals surface area contributed by atoms with E-state index in [0.29, 0.717) is 0 Å². The Morgan fingerprint density at radius 1 is 0.324 bits per heavy atom. The van der Waals surface area contributed by atoms with Crippen LogP contribution in [0, 0.1) is 0 Å². The second-order valence-electron chi connectivity index (χ2n) is 19.0. The van der Waals surface area contributed by atoms with Gasteiger partial charge in [-0.15, -0.1) is 0 Å². The Bertz CT molecular complexity index is 3790. The van der Waals surface area contributed by atoms with Crippen molar-refractivity contribution in [2.75, 3.05) is 19.6 Å². The molecule has 0 unspecified atom stereocenters. The molecule has 74 heavy (non-hydrogen) atoms. The van der Waals surface area contributed by atoms with Gasteiger partial charge in [-0.1, -0.05) is 0 Å². The standard InChI is InChI=1S/C66H45B2N4SSe/c74-65-45-61-58(44-59(65)68-56-40-39-52(41-55(56)54-35-19-22-38-64(54)73-68)69(46-23-7-1-8-24-46)47-25-9-2-10-26-47)67-57-36-20-21-37-60(57)71(50-31-15-5-16-32-50)62-42-53(43-63(66(62)67)72(61)51-33-17-6-18-34-51)70(48-27-11-3-12-28-48)49-29-13-4-14-30-49/h1-45H. The predicted octanol–water partition coefficient (Wildman–Crippen LogP) is 13.4. The number of fused-ring (bicyclic) bond motifs is 7. The Morgan fingerprint density at radius 2 is 0.797 bits per heavy atom. The van der Waals surface area contributed by atoms with Crippen molar-refractivity contribution < 1.29 is 0 Å². The van der Waals surface area contributed by atoms with Crippen LogP contribution in [0.4, 0.5) is 68.2 Å². The van der Waals surface area contributed by atoms with Gasteiger partial charge in [-0.3, -0.25) is 0 Å². The first-order valence-corrected chi connectivity index (χ1v) is 26.9. The third-order valence-electron chi connectivity index (χ3n) is 14.7. The summed E-state index contributed by atoms with van der Waals surface area (Å²) < 4.78 is 1.14. The monoisotopic (exact) mass is 1030 g/mol. The van der Waals surface area contributed by atoms with Gasteiger partial charge >= 0.3 is 449 Å². The summed E-state index contributed by atoms with van der Waals surface area (Å²) in [7, 11) is 0. The van der Waals surface area contributed by atoms with Crippen molar-refractivity contribution in [1.82, 2.24) is 0 Å². The zero-order valence-corrected chi connectivity index (χ0v) is 42.8. The number of para-hydroxylation sites is 7. The SMILES string of the molecule is [Se]c1cc2c(cc1B1Sc3ccccc3-c3cc(N(c4ccccc4)c4ccccc4)ccc31)B1c3ccccc3N(c3ccccc3)c3cc(N(c4ccccc4)c4ccccc4)cc(c31)N2c1ccccc1. The summed E-state index contributed by atoms with van der Waals surface area (Å²) in [6, 6.07) is 99.8. The van der Waals surface area contributed by atoms with Crippen molar-refractivity contribution in [1.29, 1.82) is 0 Å². The summed E-state index contributed by atoms with van der Waals surface area (Å²) >= 11 is 5.61. The van der Waals surface area contributed by atoms with Crippen LogP contribution < -0.4 is 51.4 Å². The summed E-state index contributed by atoms with van der Waals surface area (Å²) in [5.74, 6) is 0.00998. The van der Waals surface area contributed by atoms with E-state index in [0.717, 1.165) is 61.3 Å². The van der Waals surface area contributed by atoms with Gasteiger partial charge in [0.25, 0.3) is 0 Å². The molecule has 14 rings (SSSR count). The van der Waals surface area contributed by atoms with Crippen molar-refractivity contribution >= 4 is 140 Å². The molecule has 347 valence electrons. The van der Waals surface area contributed by atoms with Crippen LogP contribution in [0.25, 0.3) is 11.1 Å². The van der Waals surface area contributed by atoms with Gasteiger partial charge in [-0.2, -0.15) is 0 Å². The molecule has 8 heteroatoms. The normalized spacial score (nSPS) is 12.8. The summed E-state index contributed by atoms with van der Waals surface area (Å²) in [5.41, 5.74) is 22.4. The average Bonchev–Trinajstić information content (AvgIpc) is 3.55. The van der Waals surface area contributed by atoms with E-state index in [1.54, 1.807) is 0 Å². The molecule has 0 spiro atoms. The molecule has 0 atom stereocenters. The van der Waals surface area contributed by atoms with Gasteiger partial charge in [0, 0.05) is 0 Å². The molecule has 3 aliphatic heterocycles. The van der Waals surface area contributed by atoms with E-state index in [9.17, 15) is 0 Å². The van der Waals surface area contributed by atoms with Gasteiger partial charge in [-0.25, -0.2) is 0 Å². The Hall–Kier alpha value is -8.38. The van der Waals surface area contributed by atoms with Crippen LogP contribution in [0.15, 0.2) is 278 Å². The quantitative estimate of drug-likeness (QED) is 0.133. The van der Waals surface area contributed by atoms with Crippen LogP contribution in [0.2, 0.25) is 0 Å². The van der Waals surface area contributed by atoms with E-state index < -0.39 is 0 Å². The summed E-state index contributed by atoms with van der Waals surface area (Å²) in [5, 5.41) is 0. The van der Waals surface area contributed by atoms with Gasteiger partial charge < -0.3 is 0 Å². The van der Waals surface area contributed by atoms with Gasteiger partial charge in [0.1, 0.15) is 0 Å². The van der Waals surface area contributed by atoms with Crippen LogP contribution >= 0.6 is 11.6 Å². The zero-order chi connectivity index (χ0) is 49.1. The van der Waals surface area contributed by atoms with Crippen molar-refractivity contribution in [3.63, 3.8) is 0 Å². The van der Waals surface area contributed by atoms with Gasteiger partial charge in [0.2, 0.25) is 0 Å². The molecule has 1 radical (unpaired) electrons. The molecule has 0 saturated carbocycles. The van der Waals surface area contributed by atoms with E-state index >= 15 is 0 Å². The van der Waals surface area contributed by atoms with Gasteiger partial charge in [0.05, 0.1) is 0 Å². The Balaban J connectivity index is 1.01. The number of hydrogen-bond acceptors (Lipinski definition) is 5. The number of anilines is 12. The van der Waals surface area contributed by atoms with Crippen LogP contribution in [-0.2, 0) is 0 Å². The fourth-order valence-electron chi connectivity index (χ4n) is 11.6. The minimum absolute atomic E-state index is 0.00998. The first kappa shape index (κ1) is 44.3. The molecule has 0 amide bonds. The van der Waals surface area contributed by atoms with E-state index in [-0.39, 0.29) is 12.7 Å². The number of benzene rings is 11. The Morgan fingerprint density at radius 3 is 1.36 bits per heavy atom. The first-order valence-electron chi connectivity index (χ1n) is 25.2. The first-order chi connectivity index (χ1) is 36.7. The molecule has 0 fully saturated rings. The molecule has 11 aromatic carbocycles. The average molecular weight is 1030 g/mol. The van der Waals surface area contributed by atoms with Crippen molar-refractivity contribution in [3.8, 4) is 11.1 Å². The van der Waals surface area contributed by atoms with Crippen LogP contribution in [0.3, 0.4) is 0 Å². The summed E-state index contributed by atoms with van der Waals surface area (Å²) in [6.07, 6.45) is 0. The van der Waals surface area contributed by atoms with Crippen LogP contribution in [0.5, 0.6) is 0 Å². The Labute approximate surface area is 446 Å². The molecule has 0 N–H and O–H groups in total. The molecule has 3 heterocycles. The number of rotatable bonds is 9. The van der Waals surface area contributed by atoms with Crippen LogP contribution in [-0.4, -0.2) is 28.7 Å². The molecule has 3 aliphatic rings. The summed E-state index contributed by atoms with van der Waals surface area (Å²) in [4.78, 5) is 11.1. The minimum atomic E-state index is -0.0746. The third-order valence-corrected chi connectivity index (χ3v) is 16.8. The fourth-order valence-corrected chi connectivity index (χ4v) is 13.7. The Kier molecular flexibility index (Phi) is 11.1. The predicted molar refractivity (Wildman–Crippen MR) is 318 cm³/mol. The van der Waals surface area contributed by atoms with E-state index in [2.05, 4.69) is 309 Å². The second kappa shape index (κ2) is 18.6. The third kappa shape index (κ3) is 7.48. The van der Waals surface area contributed by atoms with Crippen LogP contribution in [0.1, 0.15) is 0 Å². The van der Waals surface area contributed by atoms with E-state index in [1.165, 1.54) is 54.7 Å². The van der Waals surface area contributed by atoms with Crippen molar-refractivity contribution in [2.24, 2.45) is 0 Å². The van der Waals surface area contributed by atoms with Crippen molar-refractivity contribution in [3.05, 3.63) is 273 Å². The molecule has 0 aromatic heterocycles. The molecule has 0 saturated heterocycles.